The van der Waals surface area contributed by atoms with Crippen LogP contribution in [-0.2, 0) is 11.3 Å². The number of hydrogen-bond donors (Lipinski definition) is 2. The van der Waals surface area contributed by atoms with Crippen LogP contribution in [0.1, 0.15) is 43.2 Å². The smallest absolute Gasteiger partial charge is 0.230 e. The van der Waals surface area contributed by atoms with Gasteiger partial charge in [0.05, 0.1) is 23.2 Å². The van der Waals surface area contributed by atoms with Gasteiger partial charge in [-0.25, -0.2) is 9.98 Å². The Morgan fingerprint density at radius 2 is 2.08 bits per heavy atom. The molecule has 1 aliphatic rings. The highest BCUT2D eigenvalue weighted by atomic mass is 32.1. The monoisotopic (exact) mass is 351 g/mol. The first kappa shape index (κ1) is 18.7. The zero-order chi connectivity index (χ0) is 17.6. The topological polar surface area (TPSA) is 69.6 Å². The molecular weight excluding hydrogens is 322 g/mol. The van der Waals surface area contributed by atoms with Crippen molar-refractivity contribution in [3.8, 4) is 0 Å². The molecule has 7 heteroatoms. The van der Waals surface area contributed by atoms with E-state index in [1.54, 1.807) is 16.2 Å². The van der Waals surface area contributed by atoms with Gasteiger partial charge in [-0.3, -0.25) is 4.79 Å². The van der Waals surface area contributed by atoms with Gasteiger partial charge in [0, 0.05) is 32.1 Å². The Bertz CT molecular complexity index is 575. The molecule has 2 rings (SSSR count). The molecule has 6 nitrogen and oxygen atoms in total. The average molecular weight is 352 g/mol. The number of aryl methyl sites for hydroxylation is 1. The highest BCUT2D eigenvalue weighted by Gasteiger charge is 2.42. The van der Waals surface area contributed by atoms with E-state index in [0.717, 1.165) is 43.9 Å². The Hall–Kier alpha value is -1.63. The van der Waals surface area contributed by atoms with E-state index in [1.807, 2.05) is 33.5 Å². The number of guanidine groups is 1. The van der Waals surface area contributed by atoms with Crippen molar-refractivity contribution in [2.24, 2.45) is 10.4 Å². The minimum Gasteiger partial charge on any atom is -0.357 e. The molecule has 134 valence electrons. The fraction of sp³-hybridized carbons (Fsp3) is 0.706. The van der Waals surface area contributed by atoms with Crippen LogP contribution in [0.5, 0.6) is 0 Å². The molecule has 1 heterocycles. The maximum absolute atomic E-state index is 12.6. The number of nitrogens with zero attached hydrogens (tertiary/aromatic N) is 3. The van der Waals surface area contributed by atoms with Crippen molar-refractivity contribution >= 4 is 23.2 Å². The summed E-state index contributed by atoms with van der Waals surface area (Å²) in [6.45, 7) is 6.09. The molecule has 0 spiro atoms. The summed E-state index contributed by atoms with van der Waals surface area (Å²) in [7, 11) is 3.68. The van der Waals surface area contributed by atoms with E-state index >= 15 is 0 Å². The molecule has 0 saturated heterocycles. The van der Waals surface area contributed by atoms with Gasteiger partial charge >= 0.3 is 0 Å². The molecule has 1 saturated carbocycles. The Labute approximate surface area is 148 Å². The molecule has 0 unspecified atom stereocenters. The number of carbonyl (C=O) groups is 1. The maximum Gasteiger partial charge on any atom is 0.230 e. The van der Waals surface area contributed by atoms with Crippen molar-refractivity contribution in [2.75, 3.05) is 27.2 Å². The molecular formula is C17H29N5OS. The lowest BCUT2D eigenvalue weighted by Gasteiger charge is -2.31. The third-order valence-corrected chi connectivity index (χ3v) is 5.50. The first-order valence-electron chi connectivity index (χ1n) is 8.61. The van der Waals surface area contributed by atoms with E-state index < -0.39 is 0 Å². The quantitative estimate of drug-likeness (QED) is 0.609. The number of aromatic nitrogens is 1. The third kappa shape index (κ3) is 4.47. The number of aliphatic imine (C=N–C) groups is 1. The van der Waals surface area contributed by atoms with E-state index in [2.05, 4.69) is 20.6 Å². The van der Waals surface area contributed by atoms with Crippen molar-refractivity contribution < 1.29 is 4.79 Å². The fourth-order valence-electron chi connectivity index (χ4n) is 3.22. The number of amides is 1. The Kier molecular flexibility index (Phi) is 6.60. The van der Waals surface area contributed by atoms with Gasteiger partial charge in [0.15, 0.2) is 5.96 Å². The van der Waals surface area contributed by atoms with Gasteiger partial charge in [-0.1, -0.05) is 12.8 Å². The summed E-state index contributed by atoms with van der Waals surface area (Å²) in [6, 6.07) is 0. The van der Waals surface area contributed by atoms with Crippen LogP contribution in [0.4, 0.5) is 0 Å². The third-order valence-electron chi connectivity index (χ3n) is 4.58. The zero-order valence-electron chi connectivity index (χ0n) is 15.2. The molecule has 0 aromatic carbocycles. The van der Waals surface area contributed by atoms with Crippen LogP contribution in [0.25, 0.3) is 0 Å². The summed E-state index contributed by atoms with van der Waals surface area (Å²) < 4.78 is 0. The van der Waals surface area contributed by atoms with Crippen molar-refractivity contribution in [2.45, 2.75) is 46.1 Å². The van der Waals surface area contributed by atoms with E-state index in [9.17, 15) is 4.79 Å². The Morgan fingerprint density at radius 1 is 1.38 bits per heavy atom. The molecule has 1 aromatic rings. The van der Waals surface area contributed by atoms with Crippen LogP contribution >= 0.6 is 11.3 Å². The van der Waals surface area contributed by atoms with Crippen molar-refractivity contribution in [1.29, 1.82) is 0 Å². The minimum atomic E-state index is -0.292. The zero-order valence-corrected chi connectivity index (χ0v) is 16.0. The first-order valence-corrected chi connectivity index (χ1v) is 9.49. The van der Waals surface area contributed by atoms with Crippen LogP contribution in [0, 0.1) is 12.3 Å². The van der Waals surface area contributed by atoms with Crippen LogP contribution in [0.15, 0.2) is 10.5 Å². The maximum atomic E-state index is 12.6. The lowest BCUT2D eigenvalue weighted by molar-refractivity contribution is -0.138. The lowest BCUT2D eigenvalue weighted by Crippen LogP contribution is -2.49. The standard InChI is InChI=1S/C17H29N5OS/c1-5-18-16(19-10-14-13(2)21-12-24-14)20-11-17(8-6-7-9-17)15(23)22(3)4/h12H,5-11H2,1-4H3,(H2,18,19,20). The van der Waals surface area contributed by atoms with Gasteiger partial charge in [-0.15, -0.1) is 11.3 Å². The molecule has 0 atom stereocenters. The SMILES string of the molecule is CCNC(=NCc1scnc1C)NCC1(C(=O)N(C)C)CCCC1. The van der Waals surface area contributed by atoms with Crippen LogP contribution < -0.4 is 10.6 Å². The number of thiazole rings is 1. The number of hydrogen-bond acceptors (Lipinski definition) is 4. The second-order valence-corrected chi connectivity index (χ2v) is 7.54. The number of carbonyl (C=O) groups excluding carboxylic acids is 1. The van der Waals surface area contributed by atoms with Crippen molar-refractivity contribution in [3.63, 3.8) is 0 Å². The lowest BCUT2D eigenvalue weighted by atomic mass is 9.84. The summed E-state index contributed by atoms with van der Waals surface area (Å²) in [4.78, 5) is 24.5. The van der Waals surface area contributed by atoms with Gasteiger partial charge in [0.1, 0.15) is 0 Å². The van der Waals surface area contributed by atoms with Gasteiger partial charge < -0.3 is 15.5 Å². The van der Waals surface area contributed by atoms with E-state index in [0.29, 0.717) is 13.1 Å². The summed E-state index contributed by atoms with van der Waals surface area (Å²) in [5, 5.41) is 6.67. The highest BCUT2D eigenvalue weighted by molar-refractivity contribution is 7.09. The Balaban J connectivity index is 2.04. The molecule has 24 heavy (non-hydrogen) atoms. The molecule has 2 N–H and O–H groups in total. The molecule has 1 fully saturated rings. The van der Waals surface area contributed by atoms with Gasteiger partial charge in [-0.05, 0) is 26.7 Å². The second-order valence-electron chi connectivity index (χ2n) is 6.60. The van der Waals surface area contributed by atoms with Crippen molar-refractivity contribution in [3.05, 3.63) is 16.1 Å². The normalized spacial score (nSPS) is 16.9. The summed E-state index contributed by atoms with van der Waals surface area (Å²) in [5.74, 6) is 0.991. The van der Waals surface area contributed by atoms with E-state index in [-0.39, 0.29) is 11.3 Å². The van der Waals surface area contributed by atoms with Crippen molar-refractivity contribution in [1.82, 2.24) is 20.5 Å². The first-order chi connectivity index (χ1) is 11.5. The predicted octanol–water partition coefficient (Wildman–Crippen LogP) is 2.16. The van der Waals surface area contributed by atoms with Crippen LogP contribution in [0.3, 0.4) is 0 Å². The largest absolute Gasteiger partial charge is 0.357 e. The summed E-state index contributed by atoms with van der Waals surface area (Å²) >= 11 is 1.63. The number of rotatable bonds is 6. The highest BCUT2D eigenvalue weighted by Crippen LogP contribution is 2.38. The van der Waals surface area contributed by atoms with E-state index in [4.69, 9.17) is 0 Å². The number of nitrogens with one attached hydrogen (secondary N) is 2. The van der Waals surface area contributed by atoms with Gasteiger partial charge in [0.2, 0.25) is 5.91 Å². The molecule has 1 aromatic heterocycles. The van der Waals surface area contributed by atoms with Crippen LogP contribution in [0.2, 0.25) is 0 Å². The Morgan fingerprint density at radius 3 is 2.62 bits per heavy atom. The molecule has 0 bridgehead atoms. The van der Waals surface area contributed by atoms with Gasteiger partial charge in [-0.2, -0.15) is 0 Å². The second kappa shape index (κ2) is 8.46. The summed E-state index contributed by atoms with van der Waals surface area (Å²) in [6.07, 6.45) is 4.14. The molecule has 1 aliphatic carbocycles. The molecule has 0 aliphatic heterocycles. The molecule has 1 amide bonds. The van der Waals surface area contributed by atoms with Crippen LogP contribution in [-0.4, -0.2) is 48.9 Å². The average Bonchev–Trinajstić information content (AvgIpc) is 3.19. The van der Waals surface area contributed by atoms with E-state index in [1.165, 1.54) is 4.88 Å². The molecule has 0 radical (unpaired) electrons. The minimum absolute atomic E-state index is 0.224. The fourth-order valence-corrected chi connectivity index (χ4v) is 3.92. The summed E-state index contributed by atoms with van der Waals surface area (Å²) in [5.41, 5.74) is 2.60. The van der Waals surface area contributed by atoms with Gasteiger partial charge in [0.25, 0.3) is 0 Å². The predicted molar refractivity (Wildman–Crippen MR) is 99.3 cm³/mol.